The summed E-state index contributed by atoms with van der Waals surface area (Å²) in [5.41, 5.74) is 0. The molecule has 92 valence electrons. The molecule has 1 heterocycles. The van der Waals surface area contributed by atoms with Crippen molar-refractivity contribution in [1.29, 1.82) is 0 Å². The molecule has 0 saturated heterocycles. The Kier molecular flexibility index (Phi) is 2.83. The molecule has 3 rings (SSSR count). The van der Waals surface area contributed by atoms with Gasteiger partial charge in [0.2, 0.25) is 0 Å². The third-order valence-electron chi connectivity index (χ3n) is 4.09. The molecule has 0 radical (unpaired) electrons. The molecule has 0 aliphatic heterocycles. The molecule has 0 spiro atoms. The van der Waals surface area contributed by atoms with E-state index in [-0.39, 0.29) is 0 Å². The maximum absolute atomic E-state index is 5.63. The van der Waals surface area contributed by atoms with Crippen LogP contribution in [0.4, 0.5) is 0 Å². The van der Waals surface area contributed by atoms with Gasteiger partial charge in [-0.25, -0.2) is 0 Å². The molecule has 4 unspecified atom stereocenters. The van der Waals surface area contributed by atoms with Crippen molar-refractivity contribution in [3.05, 3.63) is 36.3 Å². The summed E-state index contributed by atoms with van der Waals surface area (Å²) in [6.07, 6.45) is 7.86. The topological polar surface area (TPSA) is 25.2 Å². The number of hydrogen-bond donors (Lipinski definition) is 1. The Balaban J connectivity index is 1.78. The van der Waals surface area contributed by atoms with Crippen LogP contribution in [0, 0.1) is 17.8 Å². The highest BCUT2D eigenvalue weighted by Crippen LogP contribution is 2.49. The minimum atomic E-state index is 0.541. The first-order valence-electron chi connectivity index (χ1n) is 6.71. The van der Waals surface area contributed by atoms with Crippen molar-refractivity contribution in [1.82, 2.24) is 5.32 Å². The van der Waals surface area contributed by atoms with Gasteiger partial charge in [-0.1, -0.05) is 26.0 Å². The molecule has 4 atom stereocenters. The summed E-state index contributed by atoms with van der Waals surface area (Å²) in [4.78, 5) is 0. The predicted molar refractivity (Wildman–Crippen MR) is 68.8 cm³/mol. The van der Waals surface area contributed by atoms with Crippen molar-refractivity contribution in [2.45, 2.75) is 32.2 Å². The van der Waals surface area contributed by atoms with E-state index >= 15 is 0 Å². The van der Waals surface area contributed by atoms with Gasteiger partial charge in [0, 0.05) is 12.0 Å². The van der Waals surface area contributed by atoms with Crippen LogP contribution in [0.25, 0.3) is 0 Å². The molecule has 2 aliphatic rings. The van der Waals surface area contributed by atoms with E-state index in [1.54, 1.807) is 6.26 Å². The average Bonchev–Trinajstić information content (AvgIpc) is 3.01. The number of rotatable bonds is 4. The van der Waals surface area contributed by atoms with Crippen molar-refractivity contribution < 1.29 is 4.42 Å². The average molecular weight is 231 g/mol. The zero-order valence-electron chi connectivity index (χ0n) is 10.6. The molecule has 1 aromatic rings. The standard InChI is InChI=1S/C15H21NO/c1-10(2)9-16-15-12-6-5-11(8-12)14(15)13-4-3-7-17-13/h3-7,10-12,14-16H,8-9H2,1-2H3. The Labute approximate surface area is 103 Å². The van der Waals surface area contributed by atoms with Gasteiger partial charge in [0.15, 0.2) is 0 Å². The van der Waals surface area contributed by atoms with Crippen LogP contribution in [0.15, 0.2) is 35.0 Å². The molecule has 0 amide bonds. The molecule has 2 bridgehead atoms. The zero-order chi connectivity index (χ0) is 11.8. The van der Waals surface area contributed by atoms with Crippen LogP contribution in [0.2, 0.25) is 0 Å². The maximum atomic E-state index is 5.63. The Hall–Kier alpha value is -1.02. The van der Waals surface area contributed by atoms with Crippen LogP contribution in [0.3, 0.4) is 0 Å². The number of hydrogen-bond acceptors (Lipinski definition) is 2. The van der Waals surface area contributed by atoms with E-state index in [9.17, 15) is 0 Å². The lowest BCUT2D eigenvalue weighted by molar-refractivity contribution is 0.341. The molecule has 2 heteroatoms. The van der Waals surface area contributed by atoms with E-state index in [1.165, 1.54) is 6.42 Å². The van der Waals surface area contributed by atoms with Crippen molar-refractivity contribution in [3.8, 4) is 0 Å². The maximum Gasteiger partial charge on any atom is 0.109 e. The van der Waals surface area contributed by atoms with Gasteiger partial charge < -0.3 is 9.73 Å². The fourth-order valence-corrected chi connectivity index (χ4v) is 3.34. The van der Waals surface area contributed by atoms with Gasteiger partial charge in [0.25, 0.3) is 0 Å². The Morgan fingerprint density at radius 2 is 2.18 bits per heavy atom. The van der Waals surface area contributed by atoms with Crippen LogP contribution in [0.1, 0.15) is 31.9 Å². The second-order valence-corrected chi connectivity index (χ2v) is 5.82. The first-order chi connectivity index (χ1) is 8.25. The van der Waals surface area contributed by atoms with Crippen molar-refractivity contribution >= 4 is 0 Å². The summed E-state index contributed by atoms with van der Waals surface area (Å²) < 4.78 is 5.63. The molecule has 2 nitrogen and oxygen atoms in total. The van der Waals surface area contributed by atoms with E-state index in [1.807, 2.05) is 6.07 Å². The molecule has 1 aromatic heterocycles. The second-order valence-electron chi connectivity index (χ2n) is 5.82. The van der Waals surface area contributed by atoms with Crippen LogP contribution < -0.4 is 5.32 Å². The number of allylic oxidation sites excluding steroid dienone is 1. The predicted octanol–water partition coefficient (Wildman–Crippen LogP) is 3.18. The lowest BCUT2D eigenvalue weighted by atomic mass is 9.86. The van der Waals surface area contributed by atoms with Crippen LogP contribution in [-0.4, -0.2) is 12.6 Å². The van der Waals surface area contributed by atoms with E-state index in [4.69, 9.17) is 4.42 Å². The van der Waals surface area contributed by atoms with E-state index in [0.29, 0.717) is 29.7 Å². The monoisotopic (exact) mass is 231 g/mol. The quantitative estimate of drug-likeness (QED) is 0.805. The molecule has 0 aromatic carbocycles. The molecule has 1 saturated carbocycles. The number of nitrogens with one attached hydrogen (secondary N) is 1. The molecule has 1 fully saturated rings. The number of furan rings is 1. The normalized spacial score (nSPS) is 35.0. The largest absolute Gasteiger partial charge is 0.469 e. The Morgan fingerprint density at radius 1 is 1.35 bits per heavy atom. The Morgan fingerprint density at radius 3 is 2.88 bits per heavy atom. The SMILES string of the molecule is CC(C)CNC1C2C=CC(C2)C1c1ccco1. The molecule has 1 N–H and O–H groups in total. The van der Waals surface area contributed by atoms with Gasteiger partial charge in [-0.2, -0.15) is 0 Å². The van der Waals surface area contributed by atoms with Gasteiger partial charge in [-0.05, 0) is 42.9 Å². The van der Waals surface area contributed by atoms with Crippen LogP contribution in [-0.2, 0) is 0 Å². The van der Waals surface area contributed by atoms with Crippen molar-refractivity contribution in [3.63, 3.8) is 0 Å². The fraction of sp³-hybridized carbons (Fsp3) is 0.600. The molecular weight excluding hydrogens is 210 g/mol. The summed E-state index contributed by atoms with van der Waals surface area (Å²) in [7, 11) is 0. The highest BCUT2D eigenvalue weighted by molar-refractivity contribution is 5.25. The van der Waals surface area contributed by atoms with Gasteiger partial charge >= 0.3 is 0 Å². The summed E-state index contributed by atoms with van der Waals surface area (Å²) in [6, 6.07) is 4.70. The minimum Gasteiger partial charge on any atom is -0.469 e. The second kappa shape index (κ2) is 4.34. The summed E-state index contributed by atoms with van der Waals surface area (Å²) >= 11 is 0. The first kappa shape index (κ1) is 11.1. The summed E-state index contributed by atoms with van der Waals surface area (Å²) in [5, 5.41) is 3.74. The highest BCUT2D eigenvalue weighted by atomic mass is 16.3. The highest BCUT2D eigenvalue weighted by Gasteiger charge is 2.46. The van der Waals surface area contributed by atoms with Gasteiger partial charge in [-0.15, -0.1) is 0 Å². The third-order valence-corrected chi connectivity index (χ3v) is 4.09. The first-order valence-corrected chi connectivity index (χ1v) is 6.71. The van der Waals surface area contributed by atoms with Gasteiger partial charge in [0.1, 0.15) is 5.76 Å². The van der Waals surface area contributed by atoms with Crippen LogP contribution >= 0.6 is 0 Å². The van der Waals surface area contributed by atoms with Crippen LogP contribution in [0.5, 0.6) is 0 Å². The zero-order valence-corrected chi connectivity index (χ0v) is 10.6. The summed E-state index contributed by atoms with van der Waals surface area (Å²) in [5.74, 6) is 3.78. The van der Waals surface area contributed by atoms with Gasteiger partial charge in [-0.3, -0.25) is 0 Å². The van der Waals surface area contributed by atoms with E-state index in [0.717, 1.165) is 12.3 Å². The minimum absolute atomic E-state index is 0.541. The molecule has 2 aliphatic carbocycles. The van der Waals surface area contributed by atoms with E-state index < -0.39 is 0 Å². The lowest BCUT2D eigenvalue weighted by Crippen LogP contribution is -2.39. The number of fused-ring (bicyclic) bond motifs is 2. The van der Waals surface area contributed by atoms with Gasteiger partial charge in [0.05, 0.1) is 6.26 Å². The smallest absolute Gasteiger partial charge is 0.109 e. The summed E-state index contributed by atoms with van der Waals surface area (Å²) in [6.45, 7) is 5.62. The van der Waals surface area contributed by atoms with Crippen molar-refractivity contribution in [2.75, 3.05) is 6.54 Å². The Bertz CT molecular complexity index is 393. The third kappa shape index (κ3) is 1.95. The molecule has 17 heavy (non-hydrogen) atoms. The van der Waals surface area contributed by atoms with E-state index in [2.05, 4.69) is 37.4 Å². The molecular formula is C15H21NO. The lowest BCUT2D eigenvalue weighted by Gasteiger charge is -2.28. The van der Waals surface area contributed by atoms with Crippen molar-refractivity contribution in [2.24, 2.45) is 17.8 Å². The fourth-order valence-electron chi connectivity index (χ4n) is 3.34.